The first-order valence-corrected chi connectivity index (χ1v) is 12.9. The van der Waals surface area contributed by atoms with Gasteiger partial charge in [-0.15, -0.1) is 0 Å². The van der Waals surface area contributed by atoms with Gasteiger partial charge in [0.2, 0.25) is 10.0 Å². The zero-order valence-electron chi connectivity index (χ0n) is 19.2. The molecule has 2 aliphatic rings. The molecule has 2 fully saturated rings. The molecule has 0 bridgehead atoms. The first-order chi connectivity index (χ1) is 15.3. The fraction of sp³-hybridized carbons (Fsp3) is 0.652. The van der Waals surface area contributed by atoms with Crippen LogP contribution < -0.4 is 4.74 Å². The summed E-state index contributed by atoms with van der Waals surface area (Å²) in [7, 11) is -2.42. The molecule has 0 N–H and O–H groups in total. The van der Waals surface area contributed by atoms with Gasteiger partial charge >= 0.3 is 5.97 Å². The molecule has 1 aromatic carbocycles. The molecule has 0 aliphatic carbocycles. The summed E-state index contributed by atoms with van der Waals surface area (Å²) in [6, 6.07) is 4.42. The summed E-state index contributed by atoms with van der Waals surface area (Å²) < 4.78 is 38.5. The highest BCUT2D eigenvalue weighted by Gasteiger charge is 2.31. The topological polar surface area (TPSA) is 93.2 Å². The first-order valence-electron chi connectivity index (χ1n) is 11.4. The zero-order chi connectivity index (χ0) is 23.3. The highest BCUT2D eigenvalue weighted by Crippen LogP contribution is 2.30. The van der Waals surface area contributed by atoms with E-state index in [0.29, 0.717) is 13.1 Å². The van der Waals surface area contributed by atoms with Crippen LogP contribution in [0.15, 0.2) is 23.1 Å². The fourth-order valence-corrected chi connectivity index (χ4v) is 6.32. The fourth-order valence-electron chi connectivity index (χ4n) is 4.62. The van der Waals surface area contributed by atoms with Gasteiger partial charge in [-0.25, -0.2) is 13.2 Å². The molecule has 2 unspecified atom stereocenters. The standard InChI is InChI=1S/C23H34N2O6S/c1-17-9-8-10-18(2)25(17)22(26)16-31-23(27)19-11-12-20(30-3)21(15-19)32(28,29)24-13-6-4-5-7-14-24/h11-12,15,17-18H,4-10,13-14,16H2,1-3H3. The number of benzene rings is 1. The molecular weight excluding hydrogens is 432 g/mol. The van der Waals surface area contributed by atoms with Gasteiger partial charge in [0.05, 0.1) is 12.7 Å². The minimum absolute atomic E-state index is 0.0547. The van der Waals surface area contributed by atoms with Crippen LogP contribution in [0.2, 0.25) is 0 Å². The monoisotopic (exact) mass is 466 g/mol. The lowest BCUT2D eigenvalue weighted by atomic mass is 9.97. The van der Waals surface area contributed by atoms with Crippen LogP contribution in [0.3, 0.4) is 0 Å². The van der Waals surface area contributed by atoms with Crippen LogP contribution in [0.5, 0.6) is 5.75 Å². The molecule has 2 saturated heterocycles. The molecule has 1 amide bonds. The Morgan fingerprint density at radius 3 is 2.22 bits per heavy atom. The molecule has 0 saturated carbocycles. The third kappa shape index (κ3) is 5.43. The Kier molecular flexibility index (Phi) is 8.16. The largest absolute Gasteiger partial charge is 0.495 e. The summed E-state index contributed by atoms with van der Waals surface area (Å²) in [6.45, 7) is 4.52. The number of rotatable bonds is 6. The number of piperidine rings is 1. The van der Waals surface area contributed by atoms with Gasteiger partial charge in [0.25, 0.3) is 5.91 Å². The smallest absolute Gasteiger partial charge is 0.338 e. The number of nitrogens with zero attached hydrogens (tertiary/aromatic N) is 2. The van der Waals surface area contributed by atoms with E-state index < -0.39 is 16.0 Å². The molecule has 0 radical (unpaired) electrons. The summed E-state index contributed by atoms with van der Waals surface area (Å²) in [4.78, 5) is 27.0. The molecule has 3 rings (SSSR count). The number of esters is 1. The number of sulfonamides is 1. The Labute approximate surface area is 190 Å². The second-order valence-electron chi connectivity index (χ2n) is 8.69. The molecule has 32 heavy (non-hydrogen) atoms. The third-order valence-electron chi connectivity index (χ3n) is 6.39. The Hall–Kier alpha value is -2.13. The van der Waals surface area contributed by atoms with Gasteiger partial charge in [0, 0.05) is 25.2 Å². The number of carbonyl (C=O) groups is 2. The van der Waals surface area contributed by atoms with E-state index in [4.69, 9.17) is 9.47 Å². The maximum atomic E-state index is 13.3. The Bertz CT molecular complexity index is 914. The van der Waals surface area contributed by atoms with E-state index in [9.17, 15) is 18.0 Å². The summed E-state index contributed by atoms with van der Waals surface area (Å²) in [6.07, 6.45) is 6.54. The zero-order valence-corrected chi connectivity index (χ0v) is 20.0. The van der Waals surface area contributed by atoms with Crippen molar-refractivity contribution >= 4 is 21.9 Å². The van der Waals surface area contributed by atoms with E-state index in [0.717, 1.165) is 44.9 Å². The van der Waals surface area contributed by atoms with Crippen LogP contribution in [0.1, 0.15) is 69.2 Å². The lowest BCUT2D eigenvalue weighted by molar-refractivity contribution is -0.140. The van der Waals surface area contributed by atoms with Crippen LogP contribution in [-0.4, -0.2) is 68.4 Å². The molecule has 9 heteroatoms. The van der Waals surface area contributed by atoms with Crippen molar-refractivity contribution in [3.05, 3.63) is 23.8 Å². The summed E-state index contributed by atoms with van der Waals surface area (Å²) in [5, 5.41) is 0. The van der Waals surface area contributed by atoms with Crippen LogP contribution in [-0.2, 0) is 19.6 Å². The SMILES string of the molecule is COc1ccc(C(=O)OCC(=O)N2C(C)CCCC2C)cc1S(=O)(=O)N1CCCCCC1. The molecule has 2 aliphatic heterocycles. The number of methoxy groups -OCH3 is 1. The van der Waals surface area contributed by atoms with Gasteiger partial charge in [0.1, 0.15) is 10.6 Å². The van der Waals surface area contributed by atoms with Crippen molar-refractivity contribution in [2.45, 2.75) is 75.8 Å². The van der Waals surface area contributed by atoms with Crippen LogP contribution in [0.4, 0.5) is 0 Å². The summed E-state index contributed by atoms with van der Waals surface area (Å²) in [5.41, 5.74) is 0.0757. The summed E-state index contributed by atoms with van der Waals surface area (Å²) >= 11 is 0. The molecule has 8 nitrogen and oxygen atoms in total. The van der Waals surface area contributed by atoms with Crippen molar-refractivity contribution in [1.82, 2.24) is 9.21 Å². The van der Waals surface area contributed by atoms with Crippen molar-refractivity contribution in [3.8, 4) is 5.75 Å². The second-order valence-corrected chi connectivity index (χ2v) is 10.6. The predicted octanol–water partition coefficient (Wildman–Crippen LogP) is 3.21. The van der Waals surface area contributed by atoms with Crippen LogP contribution in [0, 0.1) is 0 Å². The van der Waals surface area contributed by atoms with Crippen molar-refractivity contribution in [1.29, 1.82) is 0 Å². The Morgan fingerprint density at radius 2 is 1.62 bits per heavy atom. The maximum absolute atomic E-state index is 13.3. The number of amides is 1. The van der Waals surface area contributed by atoms with Gasteiger partial charge in [-0.2, -0.15) is 4.31 Å². The molecule has 2 atom stereocenters. The van der Waals surface area contributed by atoms with Crippen molar-refractivity contribution in [2.24, 2.45) is 0 Å². The predicted molar refractivity (Wildman–Crippen MR) is 120 cm³/mol. The number of ether oxygens (including phenoxy) is 2. The van der Waals surface area contributed by atoms with E-state index in [1.165, 1.54) is 29.6 Å². The van der Waals surface area contributed by atoms with Crippen LogP contribution >= 0.6 is 0 Å². The molecule has 0 aromatic heterocycles. The van der Waals surface area contributed by atoms with Crippen molar-refractivity contribution in [2.75, 3.05) is 26.8 Å². The van der Waals surface area contributed by atoms with Gasteiger partial charge in [0.15, 0.2) is 6.61 Å². The van der Waals surface area contributed by atoms with Gasteiger partial charge < -0.3 is 14.4 Å². The molecule has 1 aromatic rings. The lowest BCUT2D eigenvalue weighted by Gasteiger charge is -2.38. The van der Waals surface area contributed by atoms with E-state index in [1.54, 1.807) is 4.90 Å². The summed E-state index contributed by atoms with van der Waals surface area (Å²) in [5.74, 6) is -0.785. The molecule has 178 valence electrons. The quantitative estimate of drug-likeness (QED) is 0.598. The Balaban J connectivity index is 1.75. The van der Waals surface area contributed by atoms with E-state index in [1.807, 2.05) is 13.8 Å². The highest BCUT2D eigenvalue weighted by molar-refractivity contribution is 7.89. The molecule has 2 heterocycles. The van der Waals surface area contributed by atoms with E-state index in [2.05, 4.69) is 0 Å². The number of likely N-dealkylation sites (tertiary alicyclic amines) is 1. The van der Waals surface area contributed by atoms with Gasteiger partial charge in [-0.05, 0) is 64.2 Å². The number of hydrogen-bond acceptors (Lipinski definition) is 6. The minimum atomic E-state index is -3.82. The maximum Gasteiger partial charge on any atom is 0.338 e. The average Bonchev–Trinajstić information content (AvgIpc) is 3.07. The second kappa shape index (κ2) is 10.7. The number of carbonyl (C=O) groups excluding carboxylic acids is 2. The Morgan fingerprint density at radius 1 is 1.00 bits per heavy atom. The van der Waals surface area contributed by atoms with Gasteiger partial charge in [-0.3, -0.25) is 4.79 Å². The lowest BCUT2D eigenvalue weighted by Crippen LogP contribution is -2.49. The normalized spacial score (nSPS) is 22.8. The first kappa shape index (κ1) is 24.5. The van der Waals surface area contributed by atoms with Crippen molar-refractivity contribution < 1.29 is 27.5 Å². The molecular formula is C23H34N2O6S. The minimum Gasteiger partial charge on any atom is -0.495 e. The third-order valence-corrected chi connectivity index (χ3v) is 8.31. The van der Waals surface area contributed by atoms with Crippen molar-refractivity contribution in [3.63, 3.8) is 0 Å². The van der Waals surface area contributed by atoms with E-state index >= 15 is 0 Å². The van der Waals surface area contributed by atoms with Crippen LogP contribution in [0.25, 0.3) is 0 Å². The van der Waals surface area contributed by atoms with Gasteiger partial charge in [-0.1, -0.05) is 12.8 Å². The average molecular weight is 467 g/mol. The molecule has 0 spiro atoms. The highest BCUT2D eigenvalue weighted by atomic mass is 32.2. The van der Waals surface area contributed by atoms with E-state index in [-0.39, 0.29) is 40.8 Å². The number of hydrogen-bond donors (Lipinski definition) is 0.